The maximum absolute atomic E-state index is 6.23. The number of benzene rings is 4. The van der Waals surface area contributed by atoms with E-state index >= 15 is 0 Å². The maximum Gasteiger partial charge on any atom is 0.142 e. The predicted octanol–water partition coefficient (Wildman–Crippen LogP) is 7.31. The summed E-state index contributed by atoms with van der Waals surface area (Å²) in [5, 5.41) is 8.01. The first-order valence-electron chi connectivity index (χ1n) is 10.4. The van der Waals surface area contributed by atoms with Gasteiger partial charge in [-0.2, -0.15) is 0 Å². The molecule has 0 fully saturated rings. The van der Waals surface area contributed by atoms with Crippen LogP contribution >= 0.6 is 23.2 Å². The summed E-state index contributed by atoms with van der Waals surface area (Å²) in [6, 6.07) is 29.6. The molecule has 164 valence electrons. The first-order valence-corrected chi connectivity index (χ1v) is 11.2. The van der Waals surface area contributed by atoms with Gasteiger partial charge in [-0.05, 0) is 58.8 Å². The Hall–Kier alpha value is -3.47. The number of fused-ring (bicyclic) bond motifs is 1. The lowest BCUT2D eigenvalue weighted by molar-refractivity contribution is 0.0742. The van der Waals surface area contributed by atoms with Crippen LogP contribution in [-0.2, 0) is 6.61 Å². The average molecular weight is 475 g/mol. The Labute approximate surface area is 201 Å². The lowest BCUT2D eigenvalue weighted by Crippen LogP contribution is -2.14. The fraction of sp³-hybridized carbons (Fsp3) is 0.0741. The average Bonchev–Trinajstić information content (AvgIpc) is 3.26. The minimum absolute atomic E-state index is 0.385. The molecule has 0 radical (unpaired) electrons. The third-order valence-electron chi connectivity index (χ3n) is 5.38. The zero-order chi connectivity index (χ0) is 22.8. The summed E-state index contributed by atoms with van der Waals surface area (Å²) in [7, 11) is 1.67. The van der Waals surface area contributed by atoms with Crippen LogP contribution < -0.4 is 9.57 Å². The first kappa shape index (κ1) is 21.4. The van der Waals surface area contributed by atoms with E-state index in [2.05, 4.69) is 18.2 Å². The number of aromatic nitrogens is 2. The largest absolute Gasteiger partial charge is 0.497 e. The van der Waals surface area contributed by atoms with Crippen LogP contribution in [0.3, 0.4) is 0 Å². The summed E-state index contributed by atoms with van der Waals surface area (Å²) in [5.41, 5.74) is 4.40. The third-order valence-corrected chi connectivity index (χ3v) is 5.81. The van der Waals surface area contributed by atoms with Gasteiger partial charge in [0.1, 0.15) is 18.1 Å². The van der Waals surface area contributed by atoms with Gasteiger partial charge in [0.05, 0.1) is 12.8 Å². The number of rotatable bonds is 6. The predicted molar refractivity (Wildman–Crippen MR) is 134 cm³/mol. The van der Waals surface area contributed by atoms with Gasteiger partial charge in [-0.15, -0.1) is 5.10 Å². The van der Waals surface area contributed by atoms with Crippen LogP contribution in [0.5, 0.6) is 5.75 Å². The van der Waals surface area contributed by atoms with Gasteiger partial charge in [0, 0.05) is 21.2 Å². The molecule has 5 aromatic rings. The number of ether oxygens (including phenoxy) is 1. The molecule has 0 atom stereocenters. The van der Waals surface area contributed by atoms with Gasteiger partial charge in [0.25, 0.3) is 0 Å². The van der Waals surface area contributed by atoms with E-state index in [4.69, 9.17) is 37.9 Å². The van der Waals surface area contributed by atoms with E-state index in [0.29, 0.717) is 16.7 Å². The SMILES string of the molecule is COc1ccc2cc(-c3cc(-c4cc(Cl)cc(Cl)c4)nn3OCc3ccccc3)ccc2c1. The van der Waals surface area contributed by atoms with Crippen molar-refractivity contribution in [3.05, 3.63) is 107 Å². The van der Waals surface area contributed by atoms with Crippen molar-refractivity contribution in [3.8, 4) is 28.3 Å². The number of halogens is 2. The molecule has 0 spiro atoms. The minimum atomic E-state index is 0.385. The summed E-state index contributed by atoms with van der Waals surface area (Å²) in [6.45, 7) is 0.385. The third kappa shape index (κ3) is 4.68. The Bertz CT molecular complexity index is 1410. The van der Waals surface area contributed by atoms with Gasteiger partial charge >= 0.3 is 0 Å². The molecular weight excluding hydrogens is 455 g/mol. The smallest absolute Gasteiger partial charge is 0.142 e. The second-order valence-corrected chi connectivity index (χ2v) is 8.51. The molecule has 0 aliphatic rings. The lowest BCUT2D eigenvalue weighted by Gasteiger charge is -2.10. The van der Waals surface area contributed by atoms with E-state index in [9.17, 15) is 0 Å². The molecule has 4 aromatic carbocycles. The van der Waals surface area contributed by atoms with Crippen LogP contribution in [0, 0.1) is 0 Å². The van der Waals surface area contributed by atoms with Crippen molar-refractivity contribution in [1.29, 1.82) is 0 Å². The Morgan fingerprint density at radius 1 is 0.758 bits per heavy atom. The minimum Gasteiger partial charge on any atom is -0.497 e. The fourth-order valence-electron chi connectivity index (χ4n) is 3.72. The van der Waals surface area contributed by atoms with Crippen molar-refractivity contribution < 1.29 is 9.57 Å². The molecule has 4 nitrogen and oxygen atoms in total. The Morgan fingerprint density at radius 2 is 1.48 bits per heavy atom. The van der Waals surface area contributed by atoms with Crippen molar-refractivity contribution in [2.45, 2.75) is 6.61 Å². The molecule has 0 saturated carbocycles. The Morgan fingerprint density at radius 3 is 2.24 bits per heavy atom. The highest BCUT2D eigenvalue weighted by atomic mass is 35.5. The van der Waals surface area contributed by atoms with Crippen LogP contribution in [0.4, 0.5) is 0 Å². The quantitative estimate of drug-likeness (QED) is 0.258. The molecule has 0 bridgehead atoms. The topological polar surface area (TPSA) is 36.3 Å². The van der Waals surface area contributed by atoms with Crippen molar-refractivity contribution >= 4 is 34.0 Å². The summed E-state index contributed by atoms with van der Waals surface area (Å²) in [4.78, 5) is 7.68. The highest BCUT2D eigenvalue weighted by Crippen LogP contribution is 2.32. The van der Waals surface area contributed by atoms with E-state index in [1.54, 1.807) is 18.0 Å². The van der Waals surface area contributed by atoms with E-state index in [1.165, 1.54) is 0 Å². The van der Waals surface area contributed by atoms with Gasteiger partial charge in [-0.3, -0.25) is 0 Å². The molecule has 0 aliphatic carbocycles. The molecule has 33 heavy (non-hydrogen) atoms. The number of methoxy groups -OCH3 is 1. The first-order chi connectivity index (χ1) is 16.1. The van der Waals surface area contributed by atoms with Gasteiger partial charge in [-0.1, -0.05) is 76.6 Å². The molecule has 1 heterocycles. The van der Waals surface area contributed by atoms with Crippen LogP contribution in [-0.4, -0.2) is 17.1 Å². The van der Waals surface area contributed by atoms with Crippen LogP contribution in [0.2, 0.25) is 10.0 Å². The number of nitrogens with zero attached hydrogens (tertiary/aromatic N) is 2. The van der Waals surface area contributed by atoms with E-state index in [0.717, 1.165) is 44.6 Å². The van der Waals surface area contributed by atoms with E-state index in [-0.39, 0.29) is 0 Å². The van der Waals surface area contributed by atoms with Crippen LogP contribution in [0.1, 0.15) is 5.56 Å². The normalized spacial score (nSPS) is 11.0. The van der Waals surface area contributed by atoms with Crippen molar-refractivity contribution in [3.63, 3.8) is 0 Å². The lowest BCUT2D eigenvalue weighted by atomic mass is 10.0. The van der Waals surface area contributed by atoms with E-state index < -0.39 is 0 Å². The molecule has 6 heteroatoms. The van der Waals surface area contributed by atoms with Gasteiger partial charge in [0.15, 0.2) is 0 Å². The molecule has 1 aromatic heterocycles. The molecule has 0 amide bonds. The van der Waals surface area contributed by atoms with Gasteiger partial charge < -0.3 is 9.57 Å². The molecule has 0 aliphatic heterocycles. The molecule has 0 unspecified atom stereocenters. The summed E-state index contributed by atoms with van der Waals surface area (Å²) in [6.07, 6.45) is 0. The molecule has 0 saturated heterocycles. The summed E-state index contributed by atoms with van der Waals surface area (Å²) in [5.74, 6) is 0.826. The van der Waals surface area contributed by atoms with Gasteiger partial charge in [0.2, 0.25) is 0 Å². The Kier molecular flexibility index (Phi) is 5.95. The summed E-state index contributed by atoms with van der Waals surface area (Å²) >= 11 is 12.5. The molecule has 0 N–H and O–H groups in total. The second kappa shape index (κ2) is 9.18. The van der Waals surface area contributed by atoms with Gasteiger partial charge in [-0.25, -0.2) is 0 Å². The fourth-order valence-corrected chi connectivity index (χ4v) is 4.25. The monoisotopic (exact) mass is 474 g/mol. The zero-order valence-corrected chi connectivity index (χ0v) is 19.3. The summed E-state index contributed by atoms with van der Waals surface area (Å²) < 4.78 is 5.35. The highest BCUT2D eigenvalue weighted by Gasteiger charge is 2.15. The zero-order valence-electron chi connectivity index (χ0n) is 17.8. The van der Waals surface area contributed by atoms with Crippen molar-refractivity contribution in [2.75, 3.05) is 7.11 Å². The second-order valence-electron chi connectivity index (χ2n) is 7.63. The maximum atomic E-state index is 6.23. The van der Waals surface area contributed by atoms with Crippen LogP contribution in [0.25, 0.3) is 33.3 Å². The van der Waals surface area contributed by atoms with E-state index in [1.807, 2.05) is 66.7 Å². The Balaban J connectivity index is 1.58. The van der Waals surface area contributed by atoms with Crippen LogP contribution in [0.15, 0.2) is 91.0 Å². The van der Waals surface area contributed by atoms with Crippen molar-refractivity contribution in [2.24, 2.45) is 0 Å². The molecule has 5 rings (SSSR count). The number of hydrogen-bond donors (Lipinski definition) is 0. The molecular formula is C27H20Cl2N2O2. The number of hydrogen-bond acceptors (Lipinski definition) is 3. The van der Waals surface area contributed by atoms with Crippen molar-refractivity contribution in [1.82, 2.24) is 9.94 Å². The highest BCUT2D eigenvalue weighted by molar-refractivity contribution is 6.35. The standard InChI is InChI=1S/C27H20Cl2N2O2/c1-32-25-10-9-19-11-21(8-7-20(19)14-25)27-16-26(22-12-23(28)15-24(29)13-22)30-31(27)33-17-18-5-3-2-4-6-18/h2-16H,17H2,1H3.